The largest absolute Gasteiger partial charge is 0.376 e. The first-order valence-electron chi connectivity index (χ1n) is 16.5. The smallest absolute Gasteiger partial charge is 0.213 e. The van der Waals surface area contributed by atoms with E-state index in [1.165, 1.54) is 33.5 Å². The number of nitrogens with one attached hydrogen (secondary N) is 1. The molecule has 236 valence electrons. The van der Waals surface area contributed by atoms with E-state index in [1.54, 1.807) is 0 Å². The SMILES string of the molecule is C=C/C=C(\NC(C)(/C=C\C)CCC1C(C(=C)N(C)C(=C)C)c2ccccc2-c2cccc[n+]21)c1c(C(C)C)cccc1C(C)C. The van der Waals surface area contributed by atoms with Crippen molar-refractivity contribution in [3.63, 3.8) is 0 Å². The zero-order valence-electron chi connectivity index (χ0n) is 28.9. The van der Waals surface area contributed by atoms with Crippen molar-refractivity contribution in [1.82, 2.24) is 10.2 Å². The van der Waals surface area contributed by atoms with Gasteiger partial charge in [-0.25, -0.2) is 0 Å². The Hall–Kier alpha value is -4.11. The van der Waals surface area contributed by atoms with Crippen LogP contribution in [0, 0.1) is 0 Å². The molecule has 0 radical (unpaired) electrons. The van der Waals surface area contributed by atoms with Crippen LogP contribution in [0.5, 0.6) is 0 Å². The lowest BCUT2D eigenvalue weighted by Crippen LogP contribution is -2.50. The van der Waals surface area contributed by atoms with Crippen LogP contribution >= 0.6 is 0 Å². The number of aromatic nitrogens is 1. The van der Waals surface area contributed by atoms with Crippen molar-refractivity contribution in [3.8, 4) is 11.3 Å². The van der Waals surface area contributed by atoms with E-state index >= 15 is 0 Å². The minimum absolute atomic E-state index is 0.107. The van der Waals surface area contributed by atoms with E-state index in [4.69, 9.17) is 0 Å². The minimum atomic E-state index is -0.305. The maximum Gasteiger partial charge on any atom is 0.213 e. The van der Waals surface area contributed by atoms with Crippen molar-refractivity contribution < 1.29 is 4.57 Å². The Labute approximate surface area is 273 Å². The number of benzene rings is 2. The molecule has 0 aliphatic carbocycles. The van der Waals surface area contributed by atoms with E-state index in [2.05, 4.69) is 175 Å². The van der Waals surface area contributed by atoms with Gasteiger partial charge in [-0.05, 0) is 73.9 Å². The average Bonchev–Trinajstić information content (AvgIpc) is 3.02. The average molecular weight is 601 g/mol. The first-order valence-corrected chi connectivity index (χ1v) is 16.5. The molecule has 2 aromatic carbocycles. The van der Waals surface area contributed by atoms with Crippen LogP contribution in [0.25, 0.3) is 17.0 Å². The Morgan fingerprint density at radius 2 is 1.62 bits per heavy atom. The maximum absolute atomic E-state index is 4.67. The van der Waals surface area contributed by atoms with Gasteiger partial charge in [0.05, 0.1) is 17.0 Å². The molecule has 4 rings (SSSR count). The van der Waals surface area contributed by atoms with Crippen LogP contribution < -0.4 is 9.88 Å². The molecule has 3 aromatic rings. The number of rotatable bonds is 13. The molecule has 1 aliphatic rings. The van der Waals surface area contributed by atoms with Crippen molar-refractivity contribution in [2.45, 2.75) is 90.6 Å². The summed E-state index contributed by atoms with van der Waals surface area (Å²) in [7, 11) is 2.09. The van der Waals surface area contributed by atoms with Gasteiger partial charge in [0.2, 0.25) is 5.69 Å². The van der Waals surface area contributed by atoms with Crippen LogP contribution in [0.15, 0.2) is 122 Å². The molecule has 3 atom stereocenters. The standard InChI is InChI=1S/C42H54N3/c1-12-19-37(41-33(29(3)4)22-18-23-34(41)30(5)6)43-42(10,26-13-2)27-25-39-40(32(9)44(11)31(7)8)36-21-15-14-20-35(36)38-24-16-17-28-45(38)39/h12-24,26,28-30,39-40,43H,1,7,9,25,27H2,2-6,8,10-11H3/q+1/b26-13-,37-19-. The zero-order chi connectivity index (χ0) is 32.9. The molecule has 0 fully saturated rings. The summed E-state index contributed by atoms with van der Waals surface area (Å²) in [6, 6.07) is 22.3. The summed E-state index contributed by atoms with van der Waals surface area (Å²) in [5, 5.41) is 4.05. The fraction of sp³-hybridized carbons (Fsp3) is 0.357. The summed E-state index contributed by atoms with van der Waals surface area (Å²) in [6.07, 6.45) is 12.7. The van der Waals surface area contributed by atoms with Gasteiger partial charge in [0, 0.05) is 48.3 Å². The van der Waals surface area contributed by atoms with Crippen LogP contribution in [0.2, 0.25) is 0 Å². The fourth-order valence-corrected chi connectivity index (χ4v) is 6.98. The van der Waals surface area contributed by atoms with Crippen LogP contribution in [0.1, 0.15) is 107 Å². The third kappa shape index (κ3) is 7.09. The Morgan fingerprint density at radius 3 is 2.22 bits per heavy atom. The summed E-state index contributed by atoms with van der Waals surface area (Å²) >= 11 is 0. The number of allylic oxidation sites excluding steroid dienone is 5. The Balaban J connectivity index is 1.79. The molecular formula is C42H54N3+. The van der Waals surface area contributed by atoms with Gasteiger partial charge in [-0.3, -0.25) is 0 Å². The number of hydrogen-bond acceptors (Lipinski definition) is 2. The molecule has 0 amide bonds. The number of likely N-dealkylation sites (N-methyl/N-ethyl adjacent to an activating group) is 1. The number of nitrogens with zero attached hydrogens (tertiary/aromatic N) is 2. The zero-order valence-corrected chi connectivity index (χ0v) is 28.9. The highest BCUT2D eigenvalue weighted by atomic mass is 15.1. The Kier molecular flexibility index (Phi) is 10.8. The first kappa shape index (κ1) is 33.8. The number of fused-ring (bicyclic) bond motifs is 3. The highest BCUT2D eigenvalue weighted by molar-refractivity contribution is 5.73. The predicted octanol–water partition coefficient (Wildman–Crippen LogP) is 10.4. The lowest BCUT2D eigenvalue weighted by molar-refractivity contribution is -0.718. The van der Waals surface area contributed by atoms with E-state index in [1.807, 2.05) is 6.08 Å². The second kappa shape index (κ2) is 14.3. The molecule has 0 saturated heterocycles. The molecule has 0 spiro atoms. The topological polar surface area (TPSA) is 19.1 Å². The molecule has 0 saturated carbocycles. The van der Waals surface area contributed by atoms with Crippen molar-refractivity contribution in [2.24, 2.45) is 0 Å². The van der Waals surface area contributed by atoms with Gasteiger partial charge < -0.3 is 10.2 Å². The molecule has 1 aliphatic heterocycles. The molecule has 1 N–H and O–H groups in total. The minimum Gasteiger partial charge on any atom is -0.376 e. The van der Waals surface area contributed by atoms with Crippen molar-refractivity contribution in [3.05, 3.63) is 145 Å². The first-order chi connectivity index (χ1) is 21.4. The lowest BCUT2D eigenvalue weighted by Gasteiger charge is -2.38. The predicted molar refractivity (Wildman–Crippen MR) is 194 cm³/mol. The summed E-state index contributed by atoms with van der Waals surface area (Å²) in [5.41, 5.74) is 10.8. The Morgan fingerprint density at radius 1 is 0.978 bits per heavy atom. The van der Waals surface area contributed by atoms with Crippen LogP contribution in [0.3, 0.4) is 0 Å². The van der Waals surface area contributed by atoms with Crippen LogP contribution in [-0.2, 0) is 0 Å². The van der Waals surface area contributed by atoms with Crippen molar-refractivity contribution >= 4 is 5.70 Å². The van der Waals surface area contributed by atoms with Gasteiger partial charge in [0.25, 0.3) is 0 Å². The monoisotopic (exact) mass is 600 g/mol. The van der Waals surface area contributed by atoms with Crippen LogP contribution in [0.4, 0.5) is 0 Å². The third-order valence-electron chi connectivity index (χ3n) is 9.41. The summed E-state index contributed by atoms with van der Waals surface area (Å²) in [6.45, 7) is 28.7. The summed E-state index contributed by atoms with van der Waals surface area (Å²) in [4.78, 5) is 2.16. The van der Waals surface area contributed by atoms with Gasteiger partial charge in [-0.2, -0.15) is 4.57 Å². The third-order valence-corrected chi connectivity index (χ3v) is 9.41. The van der Waals surface area contributed by atoms with Crippen LogP contribution in [-0.4, -0.2) is 17.5 Å². The molecule has 2 heterocycles. The second-order valence-corrected chi connectivity index (χ2v) is 13.4. The van der Waals surface area contributed by atoms with Crippen molar-refractivity contribution in [1.29, 1.82) is 0 Å². The van der Waals surface area contributed by atoms with Gasteiger partial charge in [0.1, 0.15) is 0 Å². The molecular weight excluding hydrogens is 546 g/mol. The van der Waals surface area contributed by atoms with Gasteiger partial charge in [0.15, 0.2) is 12.2 Å². The normalized spacial score (nSPS) is 17.5. The number of hydrogen-bond donors (Lipinski definition) is 1. The van der Waals surface area contributed by atoms with Crippen molar-refractivity contribution in [2.75, 3.05) is 7.05 Å². The molecule has 3 unspecified atom stereocenters. The van der Waals surface area contributed by atoms with Gasteiger partial charge in [-0.15, -0.1) is 0 Å². The lowest BCUT2D eigenvalue weighted by atomic mass is 9.77. The number of pyridine rings is 1. The van der Waals surface area contributed by atoms with E-state index < -0.39 is 0 Å². The molecule has 45 heavy (non-hydrogen) atoms. The van der Waals surface area contributed by atoms with Gasteiger partial charge >= 0.3 is 0 Å². The molecule has 3 heteroatoms. The van der Waals surface area contributed by atoms with E-state index in [0.29, 0.717) is 11.8 Å². The summed E-state index contributed by atoms with van der Waals surface area (Å²) in [5.74, 6) is 0.901. The molecule has 3 nitrogen and oxygen atoms in total. The summed E-state index contributed by atoms with van der Waals surface area (Å²) < 4.78 is 2.48. The maximum atomic E-state index is 4.67. The van der Waals surface area contributed by atoms with E-state index in [-0.39, 0.29) is 17.5 Å². The van der Waals surface area contributed by atoms with E-state index in [9.17, 15) is 0 Å². The highest BCUT2D eigenvalue weighted by Crippen LogP contribution is 2.45. The second-order valence-electron chi connectivity index (χ2n) is 13.4. The Bertz CT molecular complexity index is 1580. The molecule has 0 bridgehead atoms. The molecule has 1 aromatic heterocycles. The quantitative estimate of drug-likeness (QED) is 0.120. The van der Waals surface area contributed by atoms with E-state index in [0.717, 1.165) is 29.9 Å². The van der Waals surface area contributed by atoms with Gasteiger partial charge in [-0.1, -0.05) is 102 Å². The fourth-order valence-electron chi connectivity index (χ4n) is 6.98. The highest BCUT2D eigenvalue weighted by Gasteiger charge is 2.43.